The minimum absolute atomic E-state index is 0.218. The molecule has 3 rings (SSSR count). The molecular formula is C18H21NO5. The zero-order valence-corrected chi connectivity index (χ0v) is 13.5. The van der Waals surface area contributed by atoms with E-state index in [0.29, 0.717) is 18.5 Å². The molecule has 2 N–H and O–H groups in total. The van der Waals surface area contributed by atoms with Gasteiger partial charge in [-0.05, 0) is 25.0 Å². The van der Waals surface area contributed by atoms with Crippen LogP contribution >= 0.6 is 0 Å². The number of aliphatic hydroxyl groups excluding tert-OH is 1. The van der Waals surface area contributed by atoms with Gasteiger partial charge >= 0.3 is 5.97 Å². The summed E-state index contributed by atoms with van der Waals surface area (Å²) in [6, 6.07) is 3.45. The van der Waals surface area contributed by atoms with E-state index in [2.05, 4.69) is 0 Å². The predicted molar refractivity (Wildman–Crippen MR) is 86.5 cm³/mol. The Hall–Kier alpha value is -2.37. The summed E-state index contributed by atoms with van der Waals surface area (Å²) in [5.41, 5.74) is -0.574. The Kier molecular flexibility index (Phi) is 4.30. The molecule has 0 unspecified atom stereocenters. The van der Waals surface area contributed by atoms with Crippen LogP contribution in [-0.2, 0) is 19.9 Å². The number of aliphatic carboxylic acids is 1. The van der Waals surface area contributed by atoms with Crippen LogP contribution in [0, 0.1) is 0 Å². The van der Waals surface area contributed by atoms with E-state index in [1.807, 2.05) is 4.57 Å². The molecule has 2 heterocycles. The second-order valence-electron chi connectivity index (χ2n) is 6.58. The van der Waals surface area contributed by atoms with Crippen LogP contribution in [0.3, 0.4) is 0 Å². The summed E-state index contributed by atoms with van der Waals surface area (Å²) in [5.74, 6) is -2.37. The van der Waals surface area contributed by atoms with Crippen LogP contribution in [0.4, 0.5) is 0 Å². The number of fused-ring (bicyclic) bond motifs is 2. The van der Waals surface area contributed by atoms with Gasteiger partial charge in [-0.3, -0.25) is 14.4 Å². The third-order valence-electron chi connectivity index (χ3n) is 5.11. The highest BCUT2D eigenvalue weighted by atomic mass is 16.4. The lowest BCUT2D eigenvalue weighted by molar-refractivity contribution is -0.138. The zero-order valence-electron chi connectivity index (χ0n) is 13.5. The highest BCUT2D eigenvalue weighted by Gasteiger charge is 2.48. The van der Waals surface area contributed by atoms with Crippen molar-refractivity contribution in [3.8, 4) is 0 Å². The Balaban J connectivity index is 2.06. The molecule has 0 saturated heterocycles. The molecule has 6 heteroatoms. The molecule has 1 aliphatic carbocycles. The van der Waals surface area contributed by atoms with Crippen molar-refractivity contribution in [1.29, 1.82) is 0 Å². The summed E-state index contributed by atoms with van der Waals surface area (Å²) in [7, 11) is 0. The van der Waals surface area contributed by atoms with E-state index in [4.69, 9.17) is 5.11 Å². The summed E-state index contributed by atoms with van der Waals surface area (Å²) < 4.78 is 1.81. The number of rotatable bonds is 4. The van der Waals surface area contributed by atoms with Crippen LogP contribution in [-0.4, -0.2) is 32.3 Å². The first kappa shape index (κ1) is 16.5. The summed E-state index contributed by atoms with van der Waals surface area (Å²) in [6.45, 7) is 0. The lowest BCUT2D eigenvalue weighted by Crippen LogP contribution is -2.47. The van der Waals surface area contributed by atoms with Crippen molar-refractivity contribution in [1.82, 2.24) is 4.57 Å². The number of allylic oxidation sites excluding steroid dienone is 1. The fourth-order valence-corrected chi connectivity index (χ4v) is 3.91. The van der Waals surface area contributed by atoms with Gasteiger partial charge in [-0.15, -0.1) is 0 Å². The highest BCUT2D eigenvalue weighted by molar-refractivity contribution is 6.27. The zero-order chi connectivity index (χ0) is 17.3. The minimum Gasteiger partial charge on any atom is -0.505 e. The minimum atomic E-state index is -1.10. The van der Waals surface area contributed by atoms with E-state index in [0.717, 1.165) is 25.7 Å². The Morgan fingerprint density at radius 2 is 1.79 bits per heavy atom. The van der Waals surface area contributed by atoms with Gasteiger partial charge in [-0.1, -0.05) is 25.7 Å². The van der Waals surface area contributed by atoms with Crippen molar-refractivity contribution in [2.24, 2.45) is 0 Å². The number of carbonyl (C=O) groups is 3. The number of carboxylic acids is 1. The van der Waals surface area contributed by atoms with Crippen molar-refractivity contribution >= 4 is 23.3 Å². The number of carbonyl (C=O) groups excluding carboxylic acids is 2. The molecule has 0 radical (unpaired) electrons. The molecule has 0 bridgehead atoms. The lowest BCUT2D eigenvalue weighted by Gasteiger charge is -2.38. The quantitative estimate of drug-likeness (QED) is 0.827. The van der Waals surface area contributed by atoms with E-state index >= 15 is 0 Å². The topological polar surface area (TPSA) is 96.6 Å². The second-order valence-corrected chi connectivity index (χ2v) is 6.58. The molecule has 6 nitrogen and oxygen atoms in total. The molecule has 128 valence electrons. The van der Waals surface area contributed by atoms with Crippen LogP contribution < -0.4 is 0 Å². The number of nitrogens with zero attached hydrogens (tertiary/aromatic N) is 1. The Morgan fingerprint density at radius 1 is 1.12 bits per heavy atom. The van der Waals surface area contributed by atoms with E-state index < -0.39 is 17.3 Å². The molecule has 2 aliphatic rings. The van der Waals surface area contributed by atoms with Gasteiger partial charge in [0.25, 0.3) is 0 Å². The van der Waals surface area contributed by atoms with Crippen LogP contribution in [0.15, 0.2) is 23.9 Å². The van der Waals surface area contributed by atoms with Crippen molar-refractivity contribution in [2.75, 3.05) is 0 Å². The molecule has 0 amide bonds. The van der Waals surface area contributed by atoms with Gasteiger partial charge in [0.1, 0.15) is 11.1 Å². The molecule has 1 spiro atoms. The van der Waals surface area contributed by atoms with Gasteiger partial charge in [-0.25, -0.2) is 0 Å². The first-order valence-electron chi connectivity index (χ1n) is 8.38. The maximum atomic E-state index is 13.2. The average molecular weight is 331 g/mol. The fraction of sp³-hybridized carbons (Fsp3) is 0.500. The first-order chi connectivity index (χ1) is 11.5. The molecule has 1 aromatic rings. The van der Waals surface area contributed by atoms with Gasteiger partial charge in [0.15, 0.2) is 17.3 Å². The Morgan fingerprint density at radius 3 is 2.42 bits per heavy atom. The lowest BCUT2D eigenvalue weighted by atomic mass is 9.77. The summed E-state index contributed by atoms with van der Waals surface area (Å²) in [6.07, 6.45) is 6.29. The molecule has 24 heavy (non-hydrogen) atoms. The van der Waals surface area contributed by atoms with Crippen molar-refractivity contribution in [3.63, 3.8) is 0 Å². The highest BCUT2D eigenvalue weighted by Crippen LogP contribution is 2.43. The first-order valence-corrected chi connectivity index (χ1v) is 8.38. The SMILES string of the molecule is O=C(O)CCC(=O)C1=C(O)c2cccn2C2(CCCCCC2)C1=O. The van der Waals surface area contributed by atoms with Crippen molar-refractivity contribution in [2.45, 2.75) is 56.9 Å². The fourth-order valence-electron chi connectivity index (χ4n) is 3.91. The summed E-state index contributed by atoms with van der Waals surface area (Å²) in [5, 5.41) is 19.2. The van der Waals surface area contributed by atoms with Gasteiger partial charge in [-0.2, -0.15) is 0 Å². The van der Waals surface area contributed by atoms with E-state index in [9.17, 15) is 19.5 Å². The molecule has 1 saturated carbocycles. The van der Waals surface area contributed by atoms with Crippen molar-refractivity contribution < 1.29 is 24.6 Å². The molecule has 1 aliphatic heterocycles. The van der Waals surface area contributed by atoms with E-state index in [1.165, 1.54) is 0 Å². The number of hydrogen-bond donors (Lipinski definition) is 2. The van der Waals surface area contributed by atoms with E-state index in [1.54, 1.807) is 18.3 Å². The molecule has 0 atom stereocenters. The number of Topliss-reactive ketones (excluding diaryl/α,β-unsaturated/α-hetero) is 2. The third-order valence-corrected chi connectivity index (χ3v) is 5.11. The third kappa shape index (κ3) is 2.56. The second kappa shape index (κ2) is 6.26. The van der Waals surface area contributed by atoms with Crippen LogP contribution in [0.1, 0.15) is 57.1 Å². The number of aliphatic hydroxyl groups is 1. The Bertz CT molecular complexity index is 720. The maximum Gasteiger partial charge on any atom is 0.303 e. The standard InChI is InChI=1S/C18H21NO5/c20-13(7-8-14(21)22)15-16(23)12-6-5-11-19(12)18(17(15)24)9-3-1-2-4-10-18/h5-6,11,23H,1-4,7-10H2,(H,21,22). The van der Waals surface area contributed by atoms with Crippen LogP contribution in [0.25, 0.3) is 5.76 Å². The Labute approximate surface area is 139 Å². The maximum absolute atomic E-state index is 13.2. The molecular weight excluding hydrogens is 310 g/mol. The molecule has 0 aromatic carbocycles. The predicted octanol–water partition coefficient (Wildman–Crippen LogP) is 2.82. The molecule has 1 aromatic heterocycles. The van der Waals surface area contributed by atoms with Gasteiger partial charge in [0.2, 0.25) is 0 Å². The van der Waals surface area contributed by atoms with Gasteiger partial charge in [0, 0.05) is 12.6 Å². The monoisotopic (exact) mass is 331 g/mol. The van der Waals surface area contributed by atoms with Gasteiger partial charge in [0.05, 0.1) is 12.1 Å². The van der Waals surface area contributed by atoms with E-state index in [-0.39, 0.29) is 30.0 Å². The average Bonchev–Trinajstić information content (AvgIpc) is 2.91. The van der Waals surface area contributed by atoms with Gasteiger partial charge < -0.3 is 14.8 Å². The van der Waals surface area contributed by atoms with Crippen molar-refractivity contribution in [3.05, 3.63) is 29.6 Å². The smallest absolute Gasteiger partial charge is 0.303 e. The molecule has 1 fully saturated rings. The largest absolute Gasteiger partial charge is 0.505 e. The normalized spacial score (nSPS) is 19.9. The number of carboxylic acid groups (broad SMARTS) is 1. The summed E-state index contributed by atoms with van der Waals surface area (Å²) >= 11 is 0. The number of hydrogen-bond acceptors (Lipinski definition) is 4. The number of ketones is 2. The summed E-state index contributed by atoms with van der Waals surface area (Å²) in [4.78, 5) is 36.4. The number of aromatic nitrogens is 1. The van der Waals surface area contributed by atoms with Crippen LogP contribution in [0.5, 0.6) is 0 Å². The van der Waals surface area contributed by atoms with Crippen LogP contribution in [0.2, 0.25) is 0 Å².